The Morgan fingerprint density at radius 3 is 1.76 bits per heavy atom. The summed E-state index contributed by atoms with van der Waals surface area (Å²) >= 11 is 0. The second kappa shape index (κ2) is 15.4. The van der Waals surface area contributed by atoms with Crippen LogP contribution >= 0.6 is 9.24 Å². The average Bonchev–Trinajstić information content (AvgIpc) is 3.93. The van der Waals surface area contributed by atoms with Gasteiger partial charge in [0.15, 0.2) is 34.9 Å². The van der Waals surface area contributed by atoms with Crippen LogP contribution in [-0.2, 0) is 13.0 Å². The Bertz CT molecular complexity index is 1930. The van der Waals surface area contributed by atoms with Crippen LogP contribution in [0.4, 0.5) is 43.9 Å². The first-order valence-electron chi connectivity index (χ1n) is 16.3. The van der Waals surface area contributed by atoms with Crippen molar-refractivity contribution < 1.29 is 54.1 Å². The molecule has 0 saturated heterocycles. The van der Waals surface area contributed by atoms with Gasteiger partial charge in [0, 0.05) is 39.7 Å². The number of halogens is 10. The fraction of sp³-hybridized carbons (Fsp3) is 0.351. The van der Waals surface area contributed by atoms with Crippen molar-refractivity contribution in [1.29, 1.82) is 0 Å². The van der Waals surface area contributed by atoms with Crippen LogP contribution in [0.5, 0.6) is 11.5 Å². The first-order chi connectivity index (χ1) is 24.1. The van der Waals surface area contributed by atoms with Gasteiger partial charge in [0.05, 0.1) is 5.56 Å². The lowest BCUT2D eigenvalue weighted by molar-refractivity contribution is 0.278. The number of phenols is 2. The highest BCUT2D eigenvalue weighted by Gasteiger charge is 2.35. The van der Waals surface area contributed by atoms with Gasteiger partial charge in [-0.3, -0.25) is 0 Å². The second-order valence-corrected chi connectivity index (χ2v) is 13.6. The van der Waals surface area contributed by atoms with Gasteiger partial charge in [-0.25, -0.2) is 43.9 Å². The maximum Gasteiger partial charge on any atom is 0.200 e. The van der Waals surface area contributed by atoms with E-state index in [1.807, 2.05) is 16.2 Å². The van der Waals surface area contributed by atoms with Crippen molar-refractivity contribution in [3.63, 3.8) is 0 Å². The summed E-state index contributed by atoms with van der Waals surface area (Å²) in [4.78, 5) is 1.75. The fourth-order valence-corrected chi connectivity index (χ4v) is 6.88. The van der Waals surface area contributed by atoms with Crippen molar-refractivity contribution in [2.75, 3.05) is 13.6 Å². The van der Waals surface area contributed by atoms with Gasteiger partial charge in [-0.1, -0.05) is 19.8 Å². The molecule has 2 N–H and O–H groups in total. The zero-order chi connectivity index (χ0) is 37.5. The number of rotatable bonds is 13. The van der Waals surface area contributed by atoms with E-state index in [0.29, 0.717) is 51.1 Å². The minimum absolute atomic E-state index is 0.00928. The normalized spacial score (nSPS) is 13.8. The SMILES string of the molecule is CCC(CCCc1cc(F)cc(-c2c(F)c(F)c(F)c(F)c2F)c1O)CCN(C)Cc1cc(F)cc(-c2c(F)c(F)c(C3CC3)c(F)c2P)c1O. The number of benzene rings is 4. The summed E-state index contributed by atoms with van der Waals surface area (Å²) in [6.45, 7) is 2.32. The molecule has 4 aromatic carbocycles. The van der Waals surface area contributed by atoms with Crippen LogP contribution in [0.25, 0.3) is 22.3 Å². The van der Waals surface area contributed by atoms with Crippen LogP contribution in [0.15, 0.2) is 24.3 Å². The maximum absolute atomic E-state index is 15.3. The zero-order valence-electron chi connectivity index (χ0n) is 27.5. The molecule has 0 aliphatic heterocycles. The number of aromatic hydroxyl groups is 2. The van der Waals surface area contributed by atoms with Gasteiger partial charge in [-0.2, -0.15) is 0 Å². The summed E-state index contributed by atoms with van der Waals surface area (Å²) < 4.78 is 145. The molecule has 274 valence electrons. The summed E-state index contributed by atoms with van der Waals surface area (Å²) in [5, 5.41) is 21.4. The van der Waals surface area contributed by atoms with Gasteiger partial charge in [0.1, 0.15) is 29.0 Å². The molecule has 0 heterocycles. The molecular formula is C37H34F10NO2P. The van der Waals surface area contributed by atoms with Crippen molar-refractivity contribution in [2.24, 2.45) is 5.92 Å². The molecule has 1 aliphatic rings. The third-order valence-electron chi connectivity index (χ3n) is 9.43. The van der Waals surface area contributed by atoms with E-state index in [1.54, 1.807) is 11.9 Å². The molecule has 14 heteroatoms. The minimum atomic E-state index is -2.38. The standard InChI is InChI=1S/C37H34F10NO2P/c1-3-16(5-4-6-18-11-20(38)13-22(35(18)49)25-28(41)32(45)34(47)33(46)29(25)42)9-10-48(2)15-19-12-21(39)14-23(36(19)50)26-30(43)27(40)24(17-7-8-17)31(44)37(26)51/h11-14,16-17,49-50H,3-10,15,51H2,1-2H3. The molecule has 0 amide bonds. The molecule has 1 fully saturated rings. The van der Waals surface area contributed by atoms with E-state index in [-0.39, 0.29) is 40.9 Å². The minimum Gasteiger partial charge on any atom is -0.507 e. The lowest BCUT2D eigenvalue weighted by Crippen LogP contribution is -2.22. The van der Waals surface area contributed by atoms with Gasteiger partial charge in [0.2, 0.25) is 5.82 Å². The second-order valence-electron chi connectivity index (χ2n) is 13.0. The van der Waals surface area contributed by atoms with Crippen molar-refractivity contribution >= 4 is 14.5 Å². The lowest BCUT2D eigenvalue weighted by atomic mass is 9.92. The van der Waals surface area contributed by atoms with Crippen molar-refractivity contribution in [1.82, 2.24) is 4.90 Å². The molecule has 1 saturated carbocycles. The van der Waals surface area contributed by atoms with Crippen LogP contribution in [0.3, 0.4) is 0 Å². The molecule has 3 nitrogen and oxygen atoms in total. The summed E-state index contributed by atoms with van der Waals surface area (Å²) in [6, 6.07) is 3.26. The number of nitrogens with zero attached hydrogens (tertiary/aromatic N) is 1. The van der Waals surface area contributed by atoms with Crippen LogP contribution in [0.2, 0.25) is 0 Å². The molecule has 51 heavy (non-hydrogen) atoms. The highest BCUT2D eigenvalue weighted by atomic mass is 31.0. The lowest BCUT2D eigenvalue weighted by Gasteiger charge is -2.22. The van der Waals surface area contributed by atoms with E-state index in [2.05, 4.69) is 0 Å². The highest BCUT2D eigenvalue weighted by molar-refractivity contribution is 7.28. The van der Waals surface area contributed by atoms with E-state index in [9.17, 15) is 45.3 Å². The van der Waals surface area contributed by atoms with Crippen molar-refractivity contribution in [2.45, 2.75) is 64.3 Å². The Hall–Kier alpha value is -3.83. The first kappa shape index (κ1) is 38.4. The Labute approximate surface area is 290 Å². The third kappa shape index (κ3) is 7.70. The molecule has 4 aromatic rings. The topological polar surface area (TPSA) is 43.7 Å². The van der Waals surface area contributed by atoms with Crippen molar-refractivity contribution in [3.05, 3.63) is 99.1 Å². The van der Waals surface area contributed by atoms with Gasteiger partial charge < -0.3 is 15.1 Å². The number of phenolic OH excluding ortho intramolecular Hbond substituents is 2. The van der Waals surface area contributed by atoms with Crippen molar-refractivity contribution in [3.8, 4) is 33.8 Å². The molecule has 0 aromatic heterocycles. The average molecular weight is 746 g/mol. The Balaban J connectivity index is 1.25. The smallest absolute Gasteiger partial charge is 0.200 e. The van der Waals surface area contributed by atoms with Crippen LogP contribution in [0, 0.1) is 64.1 Å². The monoisotopic (exact) mass is 745 g/mol. The molecule has 2 unspecified atom stereocenters. The van der Waals surface area contributed by atoms with E-state index in [0.717, 1.165) is 18.2 Å². The van der Waals surface area contributed by atoms with Gasteiger partial charge >= 0.3 is 0 Å². The summed E-state index contributed by atoms with van der Waals surface area (Å²) in [7, 11) is 3.71. The quantitative estimate of drug-likeness (QED) is 0.0620. The zero-order valence-corrected chi connectivity index (χ0v) is 28.7. The van der Waals surface area contributed by atoms with Crippen LogP contribution < -0.4 is 5.30 Å². The van der Waals surface area contributed by atoms with Gasteiger partial charge in [-0.05, 0) is 87.4 Å². The Kier molecular flexibility index (Phi) is 11.6. The highest BCUT2D eigenvalue weighted by Crippen LogP contribution is 2.46. The molecule has 1 aliphatic carbocycles. The first-order valence-corrected chi connectivity index (χ1v) is 16.8. The fourth-order valence-electron chi connectivity index (χ4n) is 6.44. The van der Waals surface area contributed by atoms with Crippen LogP contribution in [-0.4, -0.2) is 28.7 Å². The summed E-state index contributed by atoms with van der Waals surface area (Å²) in [5.74, 6) is -18.6. The largest absolute Gasteiger partial charge is 0.507 e. The molecule has 5 rings (SSSR count). The Morgan fingerprint density at radius 2 is 1.20 bits per heavy atom. The van der Waals surface area contributed by atoms with Gasteiger partial charge in [0.25, 0.3) is 0 Å². The van der Waals surface area contributed by atoms with E-state index >= 15 is 8.78 Å². The number of hydrogen-bond acceptors (Lipinski definition) is 3. The molecular weight excluding hydrogens is 711 g/mol. The summed E-state index contributed by atoms with van der Waals surface area (Å²) in [5.41, 5.74) is -3.69. The van der Waals surface area contributed by atoms with E-state index in [4.69, 9.17) is 0 Å². The van der Waals surface area contributed by atoms with Crippen LogP contribution in [0.1, 0.15) is 68.1 Å². The molecule has 0 bridgehead atoms. The molecule has 2 atom stereocenters. The Morgan fingerprint density at radius 1 is 0.686 bits per heavy atom. The third-order valence-corrected chi connectivity index (χ3v) is 9.97. The number of aryl methyl sites for hydroxylation is 1. The molecule has 0 radical (unpaired) electrons. The number of hydrogen-bond donors (Lipinski definition) is 2. The maximum atomic E-state index is 15.3. The van der Waals surface area contributed by atoms with Gasteiger partial charge in [-0.15, -0.1) is 9.24 Å². The molecule has 0 spiro atoms. The van der Waals surface area contributed by atoms with E-state index < -0.39 is 97.8 Å². The van der Waals surface area contributed by atoms with E-state index in [1.165, 1.54) is 0 Å². The predicted octanol–water partition coefficient (Wildman–Crippen LogP) is 10.1. The summed E-state index contributed by atoms with van der Waals surface area (Å²) in [6.07, 6.45) is 3.17. The predicted molar refractivity (Wildman–Crippen MR) is 176 cm³/mol.